The summed E-state index contributed by atoms with van der Waals surface area (Å²) in [4.78, 5) is 10.7. The Morgan fingerprint density at radius 3 is 1.74 bits per heavy atom. The summed E-state index contributed by atoms with van der Waals surface area (Å²) >= 11 is 0. The largest absolute Gasteiger partial charge is 0.481 e. The molecule has 0 spiro atoms. The summed E-state index contributed by atoms with van der Waals surface area (Å²) in [6.45, 7) is 4.94. The second-order valence-electron chi connectivity index (χ2n) is 6.69. The fourth-order valence-electron chi connectivity index (χ4n) is 2.26. The fourth-order valence-corrected chi connectivity index (χ4v) is 2.26. The summed E-state index contributed by atoms with van der Waals surface area (Å²) in [5, 5.41) is 56.1. The molecule has 8 nitrogen and oxygen atoms in total. The fraction of sp³-hybridized carbons (Fsp3) is 0.632. The lowest BCUT2D eigenvalue weighted by Gasteiger charge is -2.27. The van der Waals surface area contributed by atoms with Gasteiger partial charge in [0, 0.05) is 0 Å². The normalized spacial score (nSPS) is 16.7. The molecule has 1 aromatic rings. The number of hydrogen-bond donors (Lipinski definition) is 7. The number of rotatable bonds is 9. The number of likely N-dealkylation sites (N-methyl/N-ethyl adjacent to an activating group) is 1. The van der Waals surface area contributed by atoms with E-state index in [4.69, 9.17) is 20.4 Å². The van der Waals surface area contributed by atoms with E-state index in [2.05, 4.69) is 19.2 Å². The number of aliphatic hydroxyl groups is 5. The maximum absolute atomic E-state index is 10.7. The molecule has 0 amide bonds. The van der Waals surface area contributed by atoms with Crippen LogP contribution in [-0.2, 0) is 4.79 Å². The van der Waals surface area contributed by atoms with Crippen LogP contribution in [0.1, 0.15) is 43.7 Å². The van der Waals surface area contributed by atoms with Crippen LogP contribution in [0.4, 0.5) is 0 Å². The Hall–Kier alpha value is -1.55. The number of carboxylic acid groups (broad SMARTS) is 1. The zero-order valence-corrected chi connectivity index (χ0v) is 16.3. The van der Waals surface area contributed by atoms with E-state index in [1.807, 2.05) is 24.3 Å². The highest BCUT2D eigenvalue weighted by atomic mass is 16.4. The first-order valence-electron chi connectivity index (χ1n) is 8.86. The van der Waals surface area contributed by atoms with Crippen molar-refractivity contribution in [2.24, 2.45) is 0 Å². The predicted octanol–water partition coefficient (Wildman–Crippen LogP) is -0.360. The Balaban J connectivity index is 0.000000503. The number of aliphatic hydroxyl groups excluding tert-OH is 5. The lowest BCUT2D eigenvalue weighted by atomic mass is 9.96. The molecule has 8 heteroatoms. The summed E-state index contributed by atoms with van der Waals surface area (Å²) in [5.74, 6) is -0.706. The van der Waals surface area contributed by atoms with Crippen LogP contribution in [0, 0.1) is 0 Å². The Morgan fingerprint density at radius 2 is 1.41 bits per heavy atom. The Morgan fingerprint density at radius 1 is 0.926 bits per heavy atom. The van der Waals surface area contributed by atoms with E-state index < -0.39 is 42.8 Å². The van der Waals surface area contributed by atoms with Crippen LogP contribution in [0.3, 0.4) is 0 Å². The highest BCUT2D eigenvalue weighted by Crippen LogP contribution is 2.19. The molecule has 0 unspecified atom stereocenters. The molecule has 1 rings (SSSR count). The van der Waals surface area contributed by atoms with Gasteiger partial charge >= 0.3 is 5.97 Å². The lowest BCUT2D eigenvalue weighted by molar-refractivity contribution is -0.138. The van der Waals surface area contributed by atoms with Gasteiger partial charge in [-0.1, -0.05) is 38.1 Å². The van der Waals surface area contributed by atoms with Crippen LogP contribution in [0.15, 0.2) is 24.3 Å². The molecule has 27 heavy (non-hydrogen) atoms. The average Bonchev–Trinajstić information content (AvgIpc) is 2.67. The monoisotopic (exact) mass is 387 g/mol. The van der Waals surface area contributed by atoms with E-state index in [1.54, 1.807) is 6.92 Å². The molecule has 0 aliphatic heterocycles. The van der Waals surface area contributed by atoms with Crippen molar-refractivity contribution >= 4 is 5.97 Å². The summed E-state index contributed by atoms with van der Waals surface area (Å²) in [6, 6.07) is 7.07. The molecular formula is C19H33NO7. The van der Waals surface area contributed by atoms with Gasteiger partial charge < -0.3 is 36.0 Å². The molecule has 5 atom stereocenters. The van der Waals surface area contributed by atoms with E-state index in [0.717, 1.165) is 5.56 Å². The molecule has 156 valence electrons. The van der Waals surface area contributed by atoms with Crippen molar-refractivity contribution in [1.29, 1.82) is 0 Å². The van der Waals surface area contributed by atoms with Gasteiger partial charge in [0.1, 0.15) is 12.2 Å². The van der Waals surface area contributed by atoms with Crippen molar-refractivity contribution in [1.82, 2.24) is 5.32 Å². The first kappa shape index (κ1) is 25.4. The van der Waals surface area contributed by atoms with Crippen LogP contribution >= 0.6 is 0 Å². The van der Waals surface area contributed by atoms with Crippen molar-refractivity contribution in [2.75, 3.05) is 20.3 Å². The van der Waals surface area contributed by atoms with Gasteiger partial charge in [-0.2, -0.15) is 0 Å². The second kappa shape index (κ2) is 12.8. The van der Waals surface area contributed by atoms with Crippen molar-refractivity contribution < 1.29 is 35.4 Å². The summed E-state index contributed by atoms with van der Waals surface area (Å²) in [5.41, 5.74) is 2.10. The molecule has 0 aliphatic carbocycles. The first-order valence-corrected chi connectivity index (χ1v) is 8.86. The molecular weight excluding hydrogens is 354 g/mol. The van der Waals surface area contributed by atoms with Gasteiger partial charge in [-0.05, 0) is 31.0 Å². The Kier molecular flexibility index (Phi) is 12.0. The van der Waals surface area contributed by atoms with Gasteiger partial charge in [-0.15, -0.1) is 0 Å². The van der Waals surface area contributed by atoms with Crippen LogP contribution < -0.4 is 5.32 Å². The van der Waals surface area contributed by atoms with Crippen molar-refractivity contribution in [3.63, 3.8) is 0 Å². The third kappa shape index (κ3) is 8.34. The molecule has 7 N–H and O–H groups in total. The van der Waals surface area contributed by atoms with Gasteiger partial charge in [0.2, 0.25) is 0 Å². The smallest absolute Gasteiger partial charge is 0.310 e. The third-order valence-electron chi connectivity index (χ3n) is 4.38. The number of benzene rings is 1. The minimum atomic E-state index is -1.48. The molecule has 0 radical (unpaired) electrons. The van der Waals surface area contributed by atoms with Crippen LogP contribution in [0.2, 0.25) is 0 Å². The zero-order valence-electron chi connectivity index (χ0n) is 16.3. The van der Waals surface area contributed by atoms with E-state index >= 15 is 0 Å². The molecule has 0 saturated carbocycles. The minimum absolute atomic E-state index is 0.368. The SMILES string of the molecule is CC(C)c1ccc([C@@H](C)C(=O)O)cc1.CN[C@@H](CO)[C@@H](O)[C@H](O)[C@H](O)CO. The van der Waals surface area contributed by atoms with Crippen molar-refractivity contribution in [2.45, 2.75) is 57.0 Å². The predicted molar refractivity (Wildman–Crippen MR) is 102 cm³/mol. The average molecular weight is 387 g/mol. The van der Waals surface area contributed by atoms with Crippen LogP contribution in [0.25, 0.3) is 0 Å². The molecule has 0 saturated heterocycles. The first-order chi connectivity index (χ1) is 12.6. The quantitative estimate of drug-likeness (QED) is 0.304. The molecule has 0 bridgehead atoms. The Labute approximate surface area is 160 Å². The van der Waals surface area contributed by atoms with Gasteiger partial charge in [0.15, 0.2) is 0 Å². The van der Waals surface area contributed by atoms with Crippen LogP contribution in [0.5, 0.6) is 0 Å². The molecule has 0 heterocycles. The molecule has 0 aromatic heterocycles. The number of hydrogen-bond acceptors (Lipinski definition) is 7. The standard InChI is InChI=1S/C12H16O2.C7H17NO5/c1-8(2)10-4-6-11(7-5-10)9(3)12(13)14;1-8-4(2-9)6(12)7(13)5(11)3-10/h4-9H,1-3H3,(H,13,14);4-13H,2-3H2,1H3/t9-;4-,5+,6+,7+/m10/s1. The minimum Gasteiger partial charge on any atom is -0.481 e. The van der Waals surface area contributed by atoms with Gasteiger partial charge in [0.05, 0.1) is 31.3 Å². The van der Waals surface area contributed by atoms with Crippen molar-refractivity contribution in [3.05, 3.63) is 35.4 Å². The zero-order chi connectivity index (χ0) is 21.1. The number of aliphatic carboxylic acids is 1. The summed E-state index contributed by atoms with van der Waals surface area (Å²) < 4.78 is 0. The number of carbonyl (C=O) groups is 1. The maximum Gasteiger partial charge on any atom is 0.310 e. The third-order valence-corrected chi connectivity index (χ3v) is 4.38. The molecule has 0 aliphatic rings. The Bertz CT molecular complexity index is 531. The lowest BCUT2D eigenvalue weighted by Crippen LogP contribution is -2.51. The van der Waals surface area contributed by atoms with Crippen molar-refractivity contribution in [3.8, 4) is 0 Å². The highest BCUT2D eigenvalue weighted by molar-refractivity contribution is 5.75. The summed E-state index contributed by atoms with van der Waals surface area (Å²) in [7, 11) is 1.50. The highest BCUT2D eigenvalue weighted by Gasteiger charge is 2.29. The topological polar surface area (TPSA) is 150 Å². The van der Waals surface area contributed by atoms with Crippen LogP contribution in [-0.4, -0.2) is 81.2 Å². The summed E-state index contributed by atoms with van der Waals surface area (Å²) in [6.07, 6.45) is -4.20. The number of nitrogens with one attached hydrogen (secondary N) is 1. The van der Waals surface area contributed by atoms with E-state index in [0.29, 0.717) is 5.92 Å². The number of carboxylic acids is 1. The molecule has 0 fully saturated rings. The van der Waals surface area contributed by atoms with Gasteiger partial charge in [-0.3, -0.25) is 4.79 Å². The van der Waals surface area contributed by atoms with E-state index in [9.17, 15) is 15.0 Å². The van der Waals surface area contributed by atoms with Gasteiger partial charge in [-0.25, -0.2) is 0 Å². The molecule has 1 aromatic carbocycles. The van der Waals surface area contributed by atoms with Gasteiger partial charge in [0.25, 0.3) is 0 Å². The maximum atomic E-state index is 10.7. The van der Waals surface area contributed by atoms with E-state index in [1.165, 1.54) is 12.6 Å². The van der Waals surface area contributed by atoms with E-state index in [-0.39, 0.29) is 6.61 Å². The second-order valence-corrected chi connectivity index (χ2v) is 6.69.